The predicted molar refractivity (Wildman–Crippen MR) is 70.2 cm³/mol. The van der Waals surface area contributed by atoms with Crippen LogP contribution in [0.25, 0.3) is 0 Å². The van der Waals surface area contributed by atoms with Crippen molar-refractivity contribution in [2.45, 2.75) is 33.1 Å². The molecule has 1 unspecified atom stereocenters. The zero-order valence-corrected chi connectivity index (χ0v) is 12.5. The van der Waals surface area contributed by atoms with Crippen LogP contribution in [0.2, 0.25) is 0 Å². The molecule has 0 aromatic carbocycles. The lowest BCUT2D eigenvalue weighted by molar-refractivity contribution is -0.132. The van der Waals surface area contributed by atoms with E-state index in [0.29, 0.717) is 13.2 Å². The molecule has 17 heavy (non-hydrogen) atoms. The van der Waals surface area contributed by atoms with Crippen molar-refractivity contribution in [3.63, 3.8) is 0 Å². The molecular formula is C13H24ClNO2. The second-order valence-electron chi connectivity index (χ2n) is 6.15. The van der Waals surface area contributed by atoms with Crippen LogP contribution in [0, 0.1) is 16.7 Å². The molecule has 0 spiro atoms. The number of amides is 1. The Balaban J connectivity index is 2.55. The molecule has 0 bridgehead atoms. The highest BCUT2D eigenvalue weighted by molar-refractivity contribution is 6.21. The summed E-state index contributed by atoms with van der Waals surface area (Å²) in [4.78, 5) is 14.0. The van der Waals surface area contributed by atoms with Gasteiger partial charge in [0.05, 0.1) is 12.0 Å². The van der Waals surface area contributed by atoms with E-state index >= 15 is 0 Å². The Hall–Kier alpha value is -0.280. The van der Waals surface area contributed by atoms with Crippen LogP contribution in [0.5, 0.6) is 0 Å². The average Bonchev–Trinajstić information content (AvgIpc) is 2.56. The van der Waals surface area contributed by atoms with Gasteiger partial charge < -0.3 is 9.64 Å². The third kappa shape index (κ3) is 2.60. The number of carbonyl (C=O) groups excluding carboxylic acids is 1. The molecule has 0 saturated heterocycles. The SMILES string of the molecule is COCC(Cl)CN(C)C(=O)C1C(C)(C)C1(C)C. The fraction of sp³-hybridized carbons (Fsp3) is 0.923. The lowest BCUT2D eigenvalue weighted by Gasteiger charge is -2.21. The number of alkyl halides is 1. The summed E-state index contributed by atoms with van der Waals surface area (Å²) in [5.41, 5.74) is 0.169. The van der Waals surface area contributed by atoms with Crippen molar-refractivity contribution in [3.8, 4) is 0 Å². The number of hydrogen-bond donors (Lipinski definition) is 0. The summed E-state index contributed by atoms with van der Waals surface area (Å²) in [5.74, 6) is 0.299. The fourth-order valence-corrected chi connectivity index (χ4v) is 2.99. The highest BCUT2D eigenvalue weighted by Crippen LogP contribution is 2.68. The van der Waals surface area contributed by atoms with Gasteiger partial charge in [0.25, 0.3) is 0 Å². The molecule has 0 heterocycles. The van der Waals surface area contributed by atoms with E-state index in [-0.39, 0.29) is 28.0 Å². The first-order valence-corrected chi connectivity index (χ1v) is 6.48. The van der Waals surface area contributed by atoms with Gasteiger partial charge in [-0.3, -0.25) is 4.79 Å². The summed E-state index contributed by atoms with van der Waals surface area (Å²) < 4.78 is 4.97. The van der Waals surface area contributed by atoms with Crippen molar-refractivity contribution in [1.29, 1.82) is 0 Å². The molecule has 1 amide bonds. The topological polar surface area (TPSA) is 29.5 Å². The van der Waals surface area contributed by atoms with E-state index in [0.717, 1.165) is 0 Å². The molecule has 1 aliphatic carbocycles. The van der Waals surface area contributed by atoms with Gasteiger partial charge in [-0.25, -0.2) is 0 Å². The molecule has 0 N–H and O–H groups in total. The summed E-state index contributed by atoms with van der Waals surface area (Å²) in [6, 6.07) is 0. The standard InChI is InChI=1S/C13H24ClNO2/c1-12(2)10(13(12,3)4)11(16)15(5)7-9(14)8-17-6/h9-10H,7-8H2,1-6H3. The summed E-state index contributed by atoms with van der Waals surface area (Å²) in [5, 5.41) is -0.140. The highest BCUT2D eigenvalue weighted by Gasteiger charge is 2.68. The maximum absolute atomic E-state index is 12.3. The Labute approximate surface area is 109 Å². The van der Waals surface area contributed by atoms with Crippen LogP contribution in [-0.2, 0) is 9.53 Å². The predicted octanol–water partition coefficient (Wildman–Crippen LogP) is 2.38. The molecule has 4 heteroatoms. The zero-order valence-electron chi connectivity index (χ0n) is 11.7. The van der Waals surface area contributed by atoms with Crippen molar-refractivity contribution in [2.75, 3.05) is 27.3 Å². The quantitative estimate of drug-likeness (QED) is 0.711. The van der Waals surface area contributed by atoms with Crippen molar-refractivity contribution >= 4 is 17.5 Å². The molecule has 0 aromatic rings. The van der Waals surface area contributed by atoms with Gasteiger partial charge in [-0.15, -0.1) is 11.6 Å². The van der Waals surface area contributed by atoms with Gasteiger partial charge in [-0.1, -0.05) is 27.7 Å². The third-order valence-electron chi connectivity index (χ3n) is 4.46. The van der Waals surface area contributed by atoms with E-state index in [1.54, 1.807) is 12.0 Å². The number of rotatable bonds is 5. The van der Waals surface area contributed by atoms with E-state index in [2.05, 4.69) is 27.7 Å². The fourth-order valence-electron chi connectivity index (χ4n) is 2.65. The molecule has 1 aliphatic rings. The van der Waals surface area contributed by atoms with Crippen LogP contribution in [0.1, 0.15) is 27.7 Å². The second kappa shape index (κ2) is 4.77. The third-order valence-corrected chi connectivity index (χ3v) is 4.73. The lowest BCUT2D eigenvalue weighted by Crippen LogP contribution is -2.36. The lowest BCUT2D eigenvalue weighted by atomic mass is 10.0. The van der Waals surface area contributed by atoms with E-state index < -0.39 is 0 Å². The Morgan fingerprint density at radius 3 is 2.18 bits per heavy atom. The first kappa shape index (κ1) is 14.8. The number of hydrogen-bond acceptors (Lipinski definition) is 2. The van der Waals surface area contributed by atoms with Gasteiger partial charge in [-0.05, 0) is 10.8 Å². The Morgan fingerprint density at radius 1 is 1.35 bits per heavy atom. The van der Waals surface area contributed by atoms with Crippen molar-refractivity contribution < 1.29 is 9.53 Å². The molecular weight excluding hydrogens is 238 g/mol. The summed E-state index contributed by atoms with van der Waals surface area (Å²) in [6.45, 7) is 9.61. The van der Waals surface area contributed by atoms with Crippen LogP contribution < -0.4 is 0 Å². The molecule has 100 valence electrons. The summed E-state index contributed by atoms with van der Waals surface area (Å²) in [6.07, 6.45) is 0. The highest BCUT2D eigenvalue weighted by atomic mass is 35.5. The summed E-state index contributed by atoms with van der Waals surface area (Å²) >= 11 is 6.07. The first-order valence-electron chi connectivity index (χ1n) is 6.04. The largest absolute Gasteiger partial charge is 0.383 e. The maximum atomic E-state index is 12.3. The number of ether oxygens (including phenoxy) is 1. The zero-order chi connectivity index (χ0) is 13.4. The van der Waals surface area contributed by atoms with Crippen LogP contribution >= 0.6 is 11.6 Å². The molecule has 0 aromatic heterocycles. The average molecular weight is 262 g/mol. The molecule has 1 rings (SSSR count). The smallest absolute Gasteiger partial charge is 0.226 e. The molecule has 0 aliphatic heterocycles. The molecule has 3 nitrogen and oxygen atoms in total. The molecule has 1 fully saturated rings. The van der Waals surface area contributed by atoms with Gasteiger partial charge in [-0.2, -0.15) is 0 Å². The monoisotopic (exact) mass is 261 g/mol. The number of nitrogens with zero attached hydrogens (tertiary/aromatic N) is 1. The molecule has 1 saturated carbocycles. The van der Waals surface area contributed by atoms with Crippen LogP contribution in [0.15, 0.2) is 0 Å². The Kier molecular flexibility index (Phi) is 4.15. The minimum atomic E-state index is -0.140. The minimum Gasteiger partial charge on any atom is -0.383 e. The summed E-state index contributed by atoms with van der Waals surface area (Å²) in [7, 11) is 3.43. The first-order chi connectivity index (χ1) is 7.66. The van der Waals surface area contributed by atoms with Crippen LogP contribution in [0.4, 0.5) is 0 Å². The second-order valence-corrected chi connectivity index (χ2v) is 6.76. The van der Waals surface area contributed by atoms with Gasteiger partial charge in [0, 0.05) is 26.6 Å². The van der Waals surface area contributed by atoms with E-state index in [1.165, 1.54) is 0 Å². The Bertz CT molecular complexity index is 288. The maximum Gasteiger partial charge on any atom is 0.226 e. The number of methoxy groups -OCH3 is 1. The van der Waals surface area contributed by atoms with Crippen molar-refractivity contribution in [2.24, 2.45) is 16.7 Å². The Morgan fingerprint density at radius 2 is 1.82 bits per heavy atom. The van der Waals surface area contributed by atoms with E-state index in [9.17, 15) is 4.79 Å². The van der Waals surface area contributed by atoms with Gasteiger partial charge >= 0.3 is 0 Å². The molecule has 0 radical (unpaired) electrons. The number of halogens is 1. The van der Waals surface area contributed by atoms with Crippen LogP contribution in [0.3, 0.4) is 0 Å². The molecule has 1 atom stereocenters. The van der Waals surface area contributed by atoms with Gasteiger partial charge in [0.1, 0.15) is 0 Å². The van der Waals surface area contributed by atoms with Gasteiger partial charge in [0.2, 0.25) is 5.91 Å². The minimum absolute atomic E-state index is 0.0847. The van der Waals surface area contributed by atoms with Crippen molar-refractivity contribution in [3.05, 3.63) is 0 Å². The van der Waals surface area contributed by atoms with E-state index in [1.807, 2.05) is 7.05 Å². The van der Waals surface area contributed by atoms with Crippen LogP contribution in [-0.4, -0.2) is 43.5 Å². The number of carbonyl (C=O) groups is 1. The normalized spacial score (nSPS) is 23.2. The van der Waals surface area contributed by atoms with E-state index in [4.69, 9.17) is 16.3 Å². The van der Waals surface area contributed by atoms with Crippen molar-refractivity contribution in [1.82, 2.24) is 4.90 Å². The van der Waals surface area contributed by atoms with Gasteiger partial charge in [0.15, 0.2) is 0 Å².